The van der Waals surface area contributed by atoms with Crippen LogP contribution in [0.2, 0.25) is 5.02 Å². The number of benzene rings is 2. The van der Waals surface area contributed by atoms with E-state index in [1.165, 1.54) is 12.1 Å². The highest BCUT2D eigenvalue weighted by Crippen LogP contribution is 2.26. The largest absolute Gasteiger partial charge is 0.323 e. The van der Waals surface area contributed by atoms with Crippen molar-refractivity contribution in [3.05, 3.63) is 65.2 Å². The summed E-state index contributed by atoms with van der Waals surface area (Å²) >= 11 is 5.86. The maximum absolute atomic E-state index is 12.6. The molecule has 0 heterocycles. The first-order valence-corrected chi connectivity index (χ1v) is 8.15. The van der Waals surface area contributed by atoms with E-state index in [0.717, 1.165) is 5.56 Å². The van der Waals surface area contributed by atoms with E-state index in [4.69, 9.17) is 17.3 Å². The van der Waals surface area contributed by atoms with Gasteiger partial charge < -0.3 is 5.73 Å². The van der Waals surface area contributed by atoms with Gasteiger partial charge in [-0.25, -0.2) is 8.42 Å². The Hall–Kier alpha value is -1.36. The molecule has 0 spiro atoms. The van der Waals surface area contributed by atoms with Crippen LogP contribution < -0.4 is 5.73 Å². The average molecular weight is 310 g/mol. The molecule has 0 aliphatic heterocycles. The van der Waals surface area contributed by atoms with Crippen molar-refractivity contribution in [1.82, 2.24) is 0 Å². The van der Waals surface area contributed by atoms with Crippen molar-refractivity contribution in [1.29, 1.82) is 0 Å². The van der Waals surface area contributed by atoms with Gasteiger partial charge in [-0.15, -0.1) is 0 Å². The van der Waals surface area contributed by atoms with Crippen LogP contribution in [0.1, 0.15) is 18.5 Å². The Bertz CT molecular complexity index is 686. The molecule has 20 heavy (non-hydrogen) atoms. The quantitative estimate of drug-likeness (QED) is 0.943. The van der Waals surface area contributed by atoms with Gasteiger partial charge in [0.2, 0.25) is 0 Å². The van der Waals surface area contributed by atoms with Gasteiger partial charge in [0, 0.05) is 11.1 Å². The third-order valence-electron chi connectivity index (χ3n) is 3.30. The second-order valence-corrected chi connectivity index (χ2v) is 7.39. The summed E-state index contributed by atoms with van der Waals surface area (Å²) in [7, 11) is -3.52. The van der Waals surface area contributed by atoms with E-state index in [9.17, 15) is 8.42 Å². The Balaban J connectivity index is 2.35. The molecule has 2 atom stereocenters. The molecule has 0 fully saturated rings. The molecule has 0 amide bonds. The van der Waals surface area contributed by atoms with Crippen molar-refractivity contribution < 1.29 is 8.42 Å². The van der Waals surface area contributed by atoms with Gasteiger partial charge in [-0.05, 0) is 30.7 Å². The minimum absolute atomic E-state index is 0.198. The van der Waals surface area contributed by atoms with Crippen molar-refractivity contribution in [3.63, 3.8) is 0 Å². The fourth-order valence-corrected chi connectivity index (χ4v) is 3.78. The van der Waals surface area contributed by atoms with Crippen LogP contribution >= 0.6 is 11.6 Å². The van der Waals surface area contributed by atoms with Crippen LogP contribution in [-0.2, 0) is 9.84 Å². The summed E-state index contributed by atoms with van der Waals surface area (Å²) in [4.78, 5) is 0.198. The molecule has 0 aliphatic carbocycles. The van der Waals surface area contributed by atoms with E-state index in [-0.39, 0.29) is 4.90 Å². The molecule has 0 aliphatic rings. The Morgan fingerprint density at radius 2 is 1.70 bits per heavy atom. The van der Waals surface area contributed by atoms with Crippen LogP contribution in [0.5, 0.6) is 0 Å². The Labute approximate surface area is 124 Å². The van der Waals surface area contributed by atoms with Gasteiger partial charge in [0.05, 0.1) is 10.1 Å². The molecule has 2 aromatic rings. The van der Waals surface area contributed by atoms with Crippen LogP contribution in [0.3, 0.4) is 0 Å². The molecule has 0 saturated carbocycles. The van der Waals surface area contributed by atoms with Crippen molar-refractivity contribution in [2.24, 2.45) is 5.73 Å². The zero-order chi connectivity index (χ0) is 14.8. The monoisotopic (exact) mass is 309 g/mol. The first kappa shape index (κ1) is 15.0. The van der Waals surface area contributed by atoms with Gasteiger partial charge in [-0.3, -0.25) is 0 Å². The van der Waals surface area contributed by atoms with Crippen LogP contribution in [0.25, 0.3) is 0 Å². The smallest absolute Gasteiger partial charge is 0.182 e. The lowest BCUT2D eigenvalue weighted by Crippen LogP contribution is -2.31. The third-order valence-corrected chi connectivity index (χ3v) is 5.72. The maximum Gasteiger partial charge on any atom is 0.182 e. The molecule has 2 N–H and O–H groups in total. The Morgan fingerprint density at radius 3 is 2.30 bits per heavy atom. The highest BCUT2D eigenvalue weighted by molar-refractivity contribution is 7.92. The second-order valence-electron chi connectivity index (χ2n) is 4.64. The number of rotatable bonds is 4. The van der Waals surface area contributed by atoms with Crippen molar-refractivity contribution in [2.75, 3.05) is 0 Å². The van der Waals surface area contributed by atoms with Gasteiger partial charge in [0.15, 0.2) is 9.84 Å². The topological polar surface area (TPSA) is 60.2 Å². The summed E-state index contributed by atoms with van der Waals surface area (Å²) in [5.41, 5.74) is 6.88. The lowest BCUT2D eigenvalue weighted by Gasteiger charge is -2.20. The predicted octanol–water partition coefficient (Wildman–Crippen LogP) is 3.20. The van der Waals surface area contributed by atoms with Crippen LogP contribution in [0.4, 0.5) is 0 Å². The number of hydrogen-bond acceptors (Lipinski definition) is 3. The fourth-order valence-electron chi connectivity index (χ4n) is 2.00. The minimum atomic E-state index is -3.52. The first-order chi connectivity index (χ1) is 9.43. The Kier molecular flexibility index (Phi) is 4.48. The van der Waals surface area contributed by atoms with Crippen LogP contribution in [0, 0.1) is 0 Å². The normalized spacial score (nSPS) is 14.8. The summed E-state index contributed by atoms with van der Waals surface area (Å²) in [6, 6.07) is 14.9. The summed E-state index contributed by atoms with van der Waals surface area (Å²) in [6.45, 7) is 1.62. The molecule has 5 heteroatoms. The summed E-state index contributed by atoms with van der Waals surface area (Å²) in [5.74, 6) is 0. The van der Waals surface area contributed by atoms with E-state index in [0.29, 0.717) is 5.02 Å². The predicted molar refractivity (Wildman–Crippen MR) is 81.5 cm³/mol. The van der Waals surface area contributed by atoms with E-state index < -0.39 is 21.1 Å². The molecule has 0 bridgehead atoms. The lowest BCUT2D eigenvalue weighted by molar-refractivity contribution is 0.565. The van der Waals surface area contributed by atoms with E-state index >= 15 is 0 Å². The van der Waals surface area contributed by atoms with Crippen LogP contribution in [0.15, 0.2) is 59.5 Å². The molecule has 0 aromatic heterocycles. The molecule has 106 valence electrons. The highest BCUT2D eigenvalue weighted by Gasteiger charge is 2.29. The molecule has 3 nitrogen and oxygen atoms in total. The number of hydrogen-bond donors (Lipinski definition) is 1. The third kappa shape index (κ3) is 3.03. The van der Waals surface area contributed by atoms with E-state index in [2.05, 4.69) is 0 Å². The fraction of sp³-hybridized carbons (Fsp3) is 0.200. The minimum Gasteiger partial charge on any atom is -0.323 e. The maximum atomic E-state index is 12.6. The first-order valence-electron chi connectivity index (χ1n) is 6.23. The number of halogens is 1. The zero-order valence-corrected chi connectivity index (χ0v) is 12.6. The second kappa shape index (κ2) is 5.95. The summed E-state index contributed by atoms with van der Waals surface area (Å²) in [5, 5.41) is -0.338. The summed E-state index contributed by atoms with van der Waals surface area (Å²) < 4.78 is 25.1. The molecule has 0 saturated heterocycles. The van der Waals surface area contributed by atoms with E-state index in [1.54, 1.807) is 19.1 Å². The van der Waals surface area contributed by atoms with Gasteiger partial charge in [-0.2, -0.15) is 0 Å². The average Bonchev–Trinajstić information content (AvgIpc) is 2.46. The standard InChI is InChI=1S/C15H16ClNO2S/c1-11(15(17)12-6-3-2-4-7-12)20(18,19)14-9-5-8-13(16)10-14/h2-11,15H,17H2,1H3. The van der Waals surface area contributed by atoms with Crippen molar-refractivity contribution in [3.8, 4) is 0 Å². The molecular formula is C15H16ClNO2S. The highest BCUT2D eigenvalue weighted by atomic mass is 35.5. The molecule has 0 radical (unpaired) electrons. The summed E-state index contributed by atoms with van der Waals surface area (Å²) in [6.07, 6.45) is 0. The van der Waals surface area contributed by atoms with Gasteiger partial charge in [0.25, 0.3) is 0 Å². The van der Waals surface area contributed by atoms with Gasteiger partial charge in [0.1, 0.15) is 0 Å². The van der Waals surface area contributed by atoms with E-state index in [1.807, 2.05) is 30.3 Å². The SMILES string of the molecule is CC(C(N)c1ccccc1)S(=O)(=O)c1cccc(Cl)c1. The van der Waals surface area contributed by atoms with Crippen molar-refractivity contribution >= 4 is 21.4 Å². The Morgan fingerprint density at radius 1 is 1.05 bits per heavy atom. The molecule has 2 aromatic carbocycles. The zero-order valence-electron chi connectivity index (χ0n) is 11.0. The molecular weight excluding hydrogens is 294 g/mol. The molecule has 2 rings (SSSR count). The lowest BCUT2D eigenvalue weighted by atomic mass is 10.1. The number of sulfone groups is 1. The molecule has 2 unspecified atom stereocenters. The van der Waals surface area contributed by atoms with Crippen molar-refractivity contribution in [2.45, 2.75) is 23.1 Å². The number of nitrogens with two attached hydrogens (primary N) is 1. The van der Waals surface area contributed by atoms with Gasteiger partial charge in [-0.1, -0.05) is 48.0 Å². The van der Waals surface area contributed by atoms with Crippen LogP contribution in [-0.4, -0.2) is 13.7 Å². The van der Waals surface area contributed by atoms with Gasteiger partial charge >= 0.3 is 0 Å².